The summed E-state index contributed by atoms with van der Waals surface area (Å²) in [6.45, 7) is 4.63. The number of nitrogens with zero attached hydrogens (tertiary/aromatic N) is 4. The molecule has 0 spiro atoms. The van der Waals surface area contributed by atoms with Crippen LogP contribution < -0.4 is 10.3 Å². The Morgan fingerprint density at radius 2 is 1.93 bits per heavy atom. The molecule has 0 aliphatic rings. The van der Waals surface area contributed by atoms with E-state index in [0.717, 1.165) is 16.2 Å². The summed E-state index contributed by atoms with van der Waals surface area (Å²) in [6, 6.07) is 10.8. The smallest absolute Gasteiger partial charge is 0.421 e. The number of alkyl halides is 3. The van der Waals surface area contributed by atoms with Crippen LogP contribution in [0.1, 0.15) is 40.6 Å². The van der Waals surface area contributed by atoms with E-state index in [-0.39, 0.29) is 13.2 Å². The summed E-state index contributed by atoms with van der Waals surface area (Å²) in [6.07, 6.45) is -0.325. The third-order valence-electron chi connectivity index (χ3n) is 6.65. The minimum atomic E-state index is -4.77. The van der Waals surface area contributed by atoms with Crippen LogP contribution >= 0.6 is 0 Å². The Balaban J connectivity index is 1.70. The number of pyridine rings is 3. The second kappa shape index (κ2) is 12.9. The van der Waals surface area contributed by atoms with Gasteiger partial charge in [-0.15, -0.1) is 0 Å². The number of benzene rings is 1. The van der Waals surface area contributed by atoms with Crippen LogP contribution in [0.25, 0.3) is 10.9 Å². The molecule has 3 aromatic heterocycles. The van der Waals surface area contributed by atoms with Crippen LogP contribution in [-0.2, 0) is 28.9 Å². The summed E-state index contributed by atoms with van der Waals surface area (Å²) in [5, 5.41) is 9.76. The number of halogens is 3. The van der Waals surface area contributed by atoms with Gasteiger partial charge < -0.3 is 19.1 Å². The molecule has 9 nitrogen and oxygen atoms in total. The van der Waals surface area contributed by atoms with Gasteiger partial charge >= 0.3 is 12.1 Å². The molecule has 0 aliphatic carbocycles. The van der Waals surface area contributed by atoms with Crippen LogP contribution in [0.4, 0.5) is 13.2 Å². The highest BCUT2D eigenvalue weighted by Gasteiger charge is 2.34. The zero-order chi connectivity index (χ0) is 31.3. The first-order valence-electron chi connectivity index (χ1n) is 13.2. The number of hydrogen-bond donors (Lipinski definition) is 1. The molecule has 1 aromatic carbocycles. The molecule has 0 fully saturated rings. The molecule has 0 unspecified atom stereocenters. The Labute approximate surface area is 245 Å². The van der Waals surface area contributed by atoms with Crippen LogP contribution in [0.5, 0.6) is 5.75 Å². The van der Waals surface area contributed by atoms with Gasteiger partial charge in [0.1, 0.15) is 34.9 Å². The average molecular weight is 595 g/mol. The number of ether oxygens (including phenoxy) is 2. The zero-order valence-corrected chi connectivity index (χ0v) is 23.9. The summed E-state index contributed by atoms with van der Waals surface area (Å²) >= 11 is 0. The summed E-state index contributed by atoms with van der Waals surface area (Å²) in [5.41, 5.74) is 1.64. The van der Waals surface area contributed by atoms with Crippen molar-refractivity contribution in [3.8, 4) is 5.75 Å². The molecule has 0 aliphatic heterocycles. The van der Waals surface area contributed by atoms with E-state index < -0.39 is 29.9 Å². The number of rotatable bonds is 10. The van der Waals surface area contributed by atoms with Crippen molar-refractivity contribution in [2.24, 2.45) is 4.99 Å². The Morgan fingerprint density at radius 3 is 2.60 bits per heavy atom. The summed E-state index contributed by atoms with van der Waals surface area (Å²) < 4.78 is 52.6. The third-order valence-corrected chi connectivity index (χ3v) is 6.65. The number of aliphatic imine (C=N–C) groups is 1. The second-order valence-electron chi connectivity index (χ2n) is 9.57. The molecule has 0 radical (unpaired) electrons. The van der Waals surface area contributed by atoms with Crippen molar-refractivity contribution in [3.05, 3.63) is 111 Å². The first kappa shape index (κ1) is 30.9. The highest BCUT2D eigenvalue weighted by Crippen LogP contribution is 2.30. The maximum absolute atomic E-state index is 13.3. The molecule has 1 N–H and O–H groups in total. The molecule has 0 saturated carbocycles. The molecule has 0 bridgehead atoms. The predicted octanol–water partition coefficient (Wildman–Crippen LogP) is 5.48. The van der Waals surface area contributed by atoms with Crippen molar-refractivity contribution in [1.82, 2.24) is 14.5 Å². The molecule has 224 valence electrons. The highest BCUT2D eigenvalue weighted by atomic mass is 19.4. The van der Waals surface area contributed by atoms with Gasteiger partial charge in [-0.3, -0.25) is 14.8 Å². The van der Waals surface area contributed by atoms with E-state index in [9.17, 15) is 22.8 Å². The number of para-hydroxylation sites is 1. The van der Waals surface area contributed by atoms with Crippen molar-refractivity contribution in [2.75, 3.05) is 13.7 Å². The fourth-order valence-electron chi connectivity index (χ4n) is 4.62. The zero-order valence-electron chi connectivity index (χ0n) is 23.9. The van der Waals surface area contributed by atoms with Gasteiger partial charge in [0.25, 0.3) is 5.56 Å². The molecule has 3 heterocycles. The molecule has 0 amide bonds. The van der Waals surface area contributed by atoms with Crippen LogP contribution in [-0.4, -0.2) is 45.0 Å². The number of hydrogen-bond acceptors (Lipinski definition) is 7. The van der Waals surface area contributed by atoms with Crippen molar-refractivity contribution >= 4 is 22.6 Å². The first-order chi connectivity index (χ1) is 20.4. The Bertz CT molecular complexity index is 1790. The first-order valence-corrected chi connectivity index (χ1v) is 13.2. The minimum absolute atomic E-state index is 0.00332. The summed E-state index contributed by atoms with van der Waals surface area (Å²) in [4.78, 5) is 37.1. The van der Waals surface area contributed by atoms with Crippen LogP contribution in [0.2, 0.25) is 0 Å². The number of aryl methyl sites for hydroxylation is 2. The number of aromatic nitrogens is 3. The summed E-state index contributed by atoms with van der Waals surface area (Å²) in [7, 11) is 1.58. The Kier molecular flexibility index (Phi) is 9.27. The van der Waals surface area contributed by atoms with E-state index in [1.54, 1.807) is 45.2 Å². The maximum Gasteiger partial charge on any atom is 0.421 e. The van der Waals surface area contributed by atoms with E-state index in [0.29, 0.717) is 50.6 Å². The van der Waals surface area contributed by atoms with Gasteiger partial charge in [-0.1, -0.05) is 12.1 Å². The van der Waals surface area contributed by atoms with E-state index in [4.69, 9.17) is 14.6 Å². The lowest BCUT2D eigenvalue weighted by Gasteiger charge is -2.17. The minimum Gasteiger partial charge on any atom is -0.487 e. The number of carboxylic acids is 1. The van der Waals surface area contributed by atoms with Gasteiger partial charge in [-0.2, -0.15) is 13.2 Å². The van der Waals surface area contributed by atoms with Crippen LogP contribution in [0, 0.1) is 13.8 Å². The number of carbonyl (C=O) groups is 1. The normalized spacial score (nSPS) is 12.4. The number of fused-ring (bicyclic) bond motifs is 1. The Morgan fingerprint density at radius 1 is 1.16 bits per heavy atom. The molecular formula is C31H29F3N4O5. The SMILES string of the molecule is C/C=C(OCC(=O)O)\C(=N/C)c1cc(C)nc2c(OCc3c(C)ccnc3Cn3cccc(C(F)(F)F)c3=O)cccc12. The number of aliphatic carboxylic acids is 1. The van der Waals surface area contributed by atoms with Gasteiger partial charge in [-0.25, -0.2) is 9.78 Å². The lowest BCUT2D eigenvalue weighted by atomic mass is 10.0. The summed E-state index contributed by atoms with van der Waals surface area (Å²) in [5.74, 6) is -0.398. The van der Waals surface area contributed by atoms with Gasteiger partial charge in [0.15, 0.2) is 6.61 Å². The van der Waals surface area contributed by atoms with E-state index in [2.05, 4.69) is 15.0 Å². The molecule has 0 atom stereocenters. The molecule has 4 aromatic rings. The van der Waals surface area contributed by atoms with Crippen molar-refractivity contribution in [3.63, 3.8) is 0 Å². The molecule has 12 heteroatoms. The van der Waals surface area contributed by atoms with Gasteiger partial charge in [0, 0.05) is 41.6 Å². The monoisotopic (exact) mass is 594 g/mol. The topological polar surface area (TPSA) is 116 Å². The highest BCUT2D eigenvalue weighted by molar-refractivity contribution is 6.18. The lowest BCUT2D eigenvalue weighted by molar-refractivity contribution is -0.140. The van der Waals surface area contributed by atoms with Crippen molar-refractivity contribution in [1.29, 1.82) is 0 Å². The molecule has 0 saturated heterocycles. The van der Waals surface area contributed by atoms with E-state index in [1.165, 1.54) is 18.5 Å². The van der Waals surface area contributed by atoms with Crippen molar-refractivity contribution < 1.29 is 32.5 Å². The average Bonchev–Trinajstić information content (AvgIpc) is 2.95. The van der Waals surface area contributed by atoms with Crippen molar-refractivity contribution in [2.45, 2.75) is 40.1 Å². The Hall–Kier alpha value is -5.00. The quantitative estimate of drug-likeness (QED) is 0.191. The largest absolute Gasteiger partial charge is 0.487 e. The fourth-order valence-corrected chi connectivity index (χ4v) is 4.62. The van der Waals surface area contributed by atoms with E-state index in [1.807, 2.05) is 19.1 Å². The lowest BCUT2D eigenvalue weighted by Crippen LogP contribution is -2.29. The third kappa shape index (κ3) is 6.91. The standard InChI is InChI=1S/C31H29F3N4O5/c1-5-25(43-17-27(39)40)28(35-4)21-14-19(3)37-29-20(21)8-6-10-26(29)42-16-22-18(2)11-12-36-24(22)15-38-13-7-9-23(30(38)41)31(32,33)34/h5-14H,15-17H2,1-4H3,(H,39,40)/b25-5+,35-28-. The molecule has 43 heavy (non-hydrogen) atoms. The molecular weight excluding hydrogens is 565 g/mol. The van der Waals surface area contributed by atoms with Gasteiger partial charge in [0.2, 0.25) is 0 Å². The van der Waals surface area contributed by atoms with Crippen LogP contribution in [0.15, 0.2) is 76.5 Å². The van der Waals surface area contributed by atoms with E-state index >= 15 is 0 Å². The number of carboxylic acid groups (broad SMARTS) is 1. The number of allylic oxidation sites excluding steroid dienone is 2. The fraction of sp³-hybridized carbons (Fsp3) is 0.258. The predicted molar refractivity (Wildman–Crippen MR) is 154 cm³/mol. The van der Waals surface area contributed by atoms with Gasteiger partial charge in [0.05, 0.1) is 12.2 Å². The molecule has 4 rings (SSSR count). The van der Waals surface area contributed by atoms with Crippen LogP contribution in [0.3, 0.4) is 0 Å². The van der Waals surface area contributed by atoms with Gasteiger partial charge in [-0.05, 0) is 62.7 Å². The maximum atomic E-state index is 13.3. The second-order valence-corrected chi connectivity index (χ2v) is 9.57.